The van der Waals surface area contributed by atoms with Gasteiger partial charge in [-0.3, -0.25) is 14.4 Å². The van der Waals surface area contributed by atoms with Crippen molar-refractivity contribution in [1.29, 1.82) is 0 Å². The zero-order chi connectivity index (χ0) is 74.6. The minimum absolute atomic E-state index is 0.0743. The van der Waals surface area contributed by atoms with E-state index in [1.165, 1.54) is 13.8 Å². The van der Waals surface area contributed by atoms with Crippen LogP contribution >= 0.6 is 0 Å². The van der Waals surface area contributed by atoms with Crippen LogP contribution in [-0.2, 0) is 95.0 Å². The quantitative estimate of drug-likeness (QED) is 0.0221. The molecule has 6 aliphatic heterocycles. The second-order valence-electron chi connectivity index (χ2n) is 32.0. The van der Waals surface area contributed by atoms with Crippen LogP contribution in [0, 0.1) is 50.2 Å². The molecule has 11 rings (SSSR count). The van der Waals surface area contributed by atoms with Crippen molar-refractivity contribution in [2.75, 3.05) is 26.9 Å². The summed E-state index contributed by atoms with van der Waals surface area (Å²) < 4.78 is 90.1. The van der Waals surface area contributed by atoms with Crippen LogP contribution in [0.15, 0.2) is 11.6 Å². The van der Waals surface area contributed by atoms with E-state index in [1.807, 2.05) is 0 Å². The molecule has 0 aromatic carbocycles. The van der Waals surface area contributed by atoms with Gasteiger partial charge in [-0.05, 0) is 117 Å². The highest BCUT2D eigenvalue weighted by Gasteiger charge is 2.71. The SMILES string of the molecule is COC(=O)[C@H]1O[C@@H](O[C@H]2CC[C@]3(C)[C@H]4CC=C5[C@@H]6CC(C)(C)CC[C@]6(C(=O)O[C@@H]6O[C@H](C)[C@H](OC(C)=O)[C@H](O[C@@H]7O[C@@H](COC(C)=O)[C@H](O)[C@H]7O)[C@H]6O[C@@H]6O[C@@H](C)[C@H](O[C@@H]7OC[C@@H](O)[C@H](O)[C@H]7O)[C@@H](O)[C@H]6O)CC[C@@]5(C)[C@]4(C)CC[C@H]3[C@]2(C)C=O)[C@H](O[C@@H]2O[C@H](CO)[C@H](O)[C@H](O)[C@H]2O)[C@@H](O)[C@@H]1O. The van der Waals surface area contributed by atoms with E-state index in [4.69, 9.17) is 71.1 Å². The maximum absolute atomic E-state index is 16.2. The lowest BCUT2D eigenvalue weighted by Gasteiger charge is -2.71. The normalized spacial score (nSPS) is 51.5. The number of rotatable bonds is 18. The number of hydrogen-bond donors (Lipinski definition) is 13. The summed E-state index contributed by atoms with van der Waals surface area (Å²) in [6.07, 6.45) is -41.2. The molecular formula is C69H106O33. The lowest BCUT2D eigenvalue weighted by molar-refractivity contribution is -0.382. The number of aliphatic hydroxyl groups is 13. The molecule has 0 spiro atoms. The third kappa shape index (κ3) is 14.0. The highest BCUT2D eigenvalue weighted by Crippen LogP contribution is 2.76. The highest BCUT2D eigenvalue weighted by atomic mass is 16.8. The molecular weight excluding hydrogens is 1360 g/mol. The van der Waals surface area contributed by atoms with Crippen molar-refractivity contribution >= 4 is 30.2 Å². The summed E-state index contributed by atoms with van der Waals surface area (Å²) in [5.74, 6) is -4.20. The molecule has 11 aliphatic rings. The fraction of sp³-hybridized carbons (Fsp3) is 0.899. The van der Waals surface area contributed by atoms with Gasteiger partial charge in [0.15, 0.2) is 49.8 Å². The molecule has 0 aromatic heterocycles. The van der Waals surface area contributed by atoms with E-state index in [9.17, 15) is 85.6 Å². The van der Waals surface area contributed by atoms with Gasteiger partial charge in [-0.15, -0.1) is 0 Å². The molecule has 10 fully saturated rings. The Bertz CT molecular complexity index is 3030. The number of fused-ring (bicyclic) bond motifs is 7. The van der Waals surface area contributed by atoms with Crippen molar-refractivity contribution in [1.82, 2.24) is 0 Å². The van der Waals surface area contributed by atoms with Crippen molar-refractivity contribution in [3.05, 3.63) is 11.6 Å². The second-order valence-corrected chi connectivity index (χ2v) is 32.0. The number of carbonyl (C=O) groups excluding carboxylic acids is 5. The van der Waals surface area contributed by atoms with Gasteiger partial charge in [0.1, 0.15) is 117 Å². The maximum Gasteiger partial charge on any atom is 0.337 e. The van der Waals surface area contributed by atoms with Gasteiger partial charge in [-0.1, -0.05) is 53.2 Å². The lowest BCUT2D eigenvalue weighted by Crippen LogP contribution is -2.68. The first kappa shape index (κ1) is 79.4. The maximum atomic E-state index is 16.2. The summed E-state index contributed by atoms with van der Waals surface area (Å²) in [5.41, 5.74) is -3.38. The Hall–Kier alpha value is -3.67. The molecule has 0 amide bonds. The number of hydrogen-bond acceptors (Lipinski definition) is 33. The van der Waals surface area contributed by atoms with E-state index in [0.717, 1.165) is 32.8 Å². The number of esters is 4. The fourth-order valence-electron chi connectivity index (χ4n) is 19.4. The molecule has 6 heterocycles. The van der Waals surface area contributed by atoms with Gasteiger partial charge >= 0.3 is 23.9 Å². The van der Waals surface area contributed by atoms with Crippen LogP contribution in [0.5, 0.6) is 0 Å². The smallest absolute Gasteiger partial charge is 0.337 e. The van der Waals surface area contributed by atoms with Crippen LogP contribution in [0.3, 0.4) is 0 Å². The summed E-state index contributed by atoms with van der Waals surface area (Å²) in [4.78, 5) is 68.3. The van der Waals surface area contributed by atoms with Gasteiger partial charge in [-0.25, -0.2) is 4.79 Å². The molecule has 580 valence electrons. The number of ether oxygens (including phenoxy) is 15. The molecule has 0 unspecified atom stereocenters. The summed E-state index contributed by atoms with van der Waals surface area (Å²) in [6, 6.07) is 0. The van der Waals surface area contributed by atoms with Gasteiger partial charge in [0.25, 0.3) is 0 Å². The molecule has 0 radical (unpaired) electrons. The van der Waals surface area contributed by atoms with E-state index in [0.29, 0.717) is 57.8 Å². The number of allylic oxidation sites excluding steroid dienone is 2. The monoisotopic (exact) mass is 1460 g/mol. The van der Waals surface area contributed by atoms with Crippen molar-refractivity contribution in [2.45, 2.75) is 312 Å². The van der Waals surface area contributed by atoms with Crippen molar-refractivity contribution in [2.24, 2.45) is 50.2 Å². The van der Waals surface area contributed by atoms with E-state index in [2.05, 4.69) is 40.7 Å². The Balaban J connectivity index is 0.884. The standard InChI is InChI=1S/C69H106O33/c1-27-50(97-57-46(82)39(75)33(74)24-90-57)45(81)49(85)58(91-27)101-55-54(100-59-47(83)41(77)35(95-59)25-89-29(3)72)51(93-30(4)73)28(2)92-62(55)102-63(87)69-20-18-64(5,6)22-32(69)31-12-13-37-65(7)16-15-38(66(8,26-71)36(65)14-17-68(37,10)67(31,9)19-21-69)96-61-53(44(80)43(79)52(98-61)56(86)88-11)99-60-48(84)42(78)40(76)34(23-70)94-60/h12,26-28,32-55,57-62,70,74-85H,13-25H2,1-11H3/t27-,28+,32-,33+,34+,35-,36+,37+,38-,39-,40-,41-,42-,43-,44-,45-,46+,47+,48+,49+,50-,51-,52-,53+,54-,55+,57-,58-,59-,60-,61+,62-,65-,66-,67+,68+,69-/m0/s1. The number of methoxy groups -OCH3 is 1. The first-order valence-electron chi connectivity index (χ1n) is 35.6. The average Bonchev–Trinajstić information content (AvgIpc) is 0.769. The van der Waals surface area contributed by atoms with Crippen LogP contribution in [0.1, 0.15) is 133 Å². The Morgan fingerprint density at radius 1 is 0.549 bits per heavy atom. The summed E-state index contributed by atoms with van der Waals surface area (Å²) >= 11 is 0. The van der Waals surface area contributed by atoms with Gasteiger partial charge < -0.3 is 142 Å². The van der Waals surface area contributed by atoms with Crippen molar-refractivity contribution < 1.29 is 161 Å². The minimum Gasteiger partial charge on any atom is -0.467 e. The number of carbonyl (C=O) groups is 5. The highest BCUT2D eigenvalue weighted by molar-refractivity contribution is 5.79. The van der Waals surface area contributed by atoms with Crippen LogP contribution in [0.4, 0.5) is 0 Å². The van der Waals surface area contributed by atoms with Gasteiger partial charge in [0.05, 0.1) is 49.5 Å². The number of aliphatic hydroxyl groups excluding tert-OH is 13. The molecule has 5 aliphatic carbocycles. The predicted octanol–water partition coefficient (Wildman–Crippen LogP) is -2.55. The zero-order valence-electron chi connectivity index (χ0n) is 59.3. The van der Waals surface area contributed by atoms with Crippen LogP contribution in [-0.4, -0.2) is 302 Å². The third-order valence-electron chi connectivity index (χ3n) is 25.5. The molecule has 102 heavy (non-hydrogen) atoms. The first-order valence-corrected chi connectivity index (χ1v) is 35.6. The van der Waals surface area contributed by atoms with Crippen molar-refractivity contribution in [3.63, 3.8) is 0 Å². The van der Waals surface area contributed by atoms with Gasteiger partial charge in [0.2, 0.25) is 6.29 Å². The first-order chi connectivity index (χ1) is 47.8. The molecule has 6 saturated heterocycles. The topological polar surface area (TPSA) is 487 Å². The Morgan fingerprint density at radius 3 is 1.78 bits per heavy atom. The Kier molecular flexibility index (Phi) is 23.4. The Morgan fingerprint density at radius 2 is 1.13 bits per heavy atom. The van der Waals surface area contributed by atoms with Crippen LogP contribution < -0.4 is 0 Å². The second kappa shape index (κ2) is 30.1. The Labute approximate surface area is 590 Å². The molecule has 33 nitrogen and oxygen atoms in total. The van der Waals surface area contributed by atoms with Crippen LogP contribution in [0.2, 0.25) is 0 Å². The average molecular weight is 1460 g/mol. The third-order valence-corrected chi connectivity index (χ3v) is 25.5. The van der Waals surface area contributed by atoms with Crippen LogP contribution in [0.25, 0.3) is 0 Å². The molecule has 37 atom stereocenters. The van der Waals surface area contributed by atoms with E-state index < -0.39 is 255 Å². The summed E-state index contributed by atoms with van der Waals surface area (Å²) in [7, 11) is 1.05. The molecule has 0 bridgehead atoms. The number of aldehydes is 1. The molecule has 4 saturated carbocycles. The van der Waals surface area contributed by atoms with E-state index in [1.54, 1.807) is 6.92 Å². The van der Waals surface area contributed by atoms with Gasteiger partial charge in [0, 0.05) is 13.8 Å². The lowest BCUT2D eigenvalue weighted by atomic mass is 9.33. The fourth-order valence-corrected chi connectivity index (χ4v) is 19.4. The van der Waals surface area contributed by atoms with E-state index >= 15 is 4.79 Å². The van der Waals surface area contributed by atoms with Gasteiger partial charge in [-0.2, -0.15) is 0 Å². The van der Waals surface area contributed by atoms with Crippen molar-refractivity contribution in [3.8, 4) is 0 Å². The largest absolute Gasteiger partial charge is 0.467 e. The molecule has 13 N–H and O–H groups in total. The predicted molar refractivity (Wildman–Crippen MR) is 338 cm³/mol. The molecule has 0 aromatic rings. The summed E-state index contributed by atoms with van der Waals surface area (Å²) in [6.45, 7) is 16.2. The molecule has 33 heteroatoms. The van der Waals surface area contributed by atoms with E-state index in [-0.39, 0.29) is 23.7 Å². The minimum atomic E-state index is -2.04. The zero-order valence-corrected chi connectivity index (χ0v) is 59.3. The summed E-state index contributed by atoms with van der Waals surface area (Å²) in [5, 5.41) is 143.